The molecular weight excluding hydrogens is 652 g/mol. The molecule has 0 bridgehead atoms. The summed E-state index contributed by atoms with van der Waals surface area (Å²) in [4.78, 5) is 103. The second-order valence-corrected chi connectivity index (χ2v) is 12.4. The summed E-state index contributed by atoms with van der Waals surface area (Å²) in [6.45, 7) is 3.99. The number of carboxylic acids is 1. The van der Waals surface area contributed by atoms with Crippen LogP contribution in [0.5, 0.6) is 0 Å². The van der Waals surface area contributed by atoms with Gasteiger partial charge in [-0.25, -0.2) is 0 Å². The van der Waals surface area contributed by atoms with Gasteiger partial charge in [0.05, 0.1) is 13.1 Å². The molecule has 17 nitrogen and oxygen atoms in total. The Labute approximate surface area is 292 Å². The Kier molecular flexibility index (Phi) is 18.7. The molecule has 0 saturated carbocycles. The lowest BCUT2D eigenvalue weighted by atomic mass is 10.0. The maximum absolute atomic E-state index is 13.6. The van der Waals surface area contributed by atoms with E-state index in [1.54, 1.807) is 44.2 Å². The number of nitrogens with one attached hydrogen (secondary N) is 4. The quantitative estimate of drug-likeness (QED) is 0.0669. The predicted octanol–water partition coefficient (Wildman–Crippen LogP) is -1.76. The van der Waals surface area contributed by atoms with Gasteiger partial charge in [-0.1, -0.05) is 44.2 Å². The molecule has 0 aromatic heterocycles. The van der Waals surface area contributed by atoms with E-state index < -0.39 is 91.0 Å². The van der Waals surface area contributed by atoms with E-state index in [4.69, 9.17) is 11.5 Å². The number of carboxylic acid groups (broad SMARTS) is 1. The first kappa shape index (κ1) is 43.0. The van der Waals surface area contributed by atoms with Crippen LogP contribution in [0.4, 0.5) is 0 Å². The number of rotatable bonds is 22. The van der Waals surface area contributed by atoms with Crippen molar-refractivity contribution in [2.75, 3.05) is 33.7 Å². The molecule has 0 aliphatic carbocycles. The standard InChI is InChI=1S/C33H52N8O9/c1-20(2)29(30(35)47)39-26(43)18-40(4)27(44)19-41(5)33(50)24(14-15-28(45)46)38-31(48)23(13-9-10-16-34)37-32(49)25(36-21(3)42)17-22-11-7-6-8-12-22/h6-8,11-12,20,23-25,29H,9-10,13-19,34H2,1-5H3,(H2,35,47)(H,36,42)(H,37,49)(H,38,48)(H,39,43)(H,45,46)/t23-,24-,25-,29-/m0/s1. The lowest BCUT2D eigenvalue weighted by Gasteiger charge is -2.28. The van der Waals surface area contributed by atoms with Crippen molar-refractivity contribution in [3.63, 3.8) is 0 Å². The Morgan fingerprint density at radius 3 is 1.92 bits per heavy atom. The highest BCUT2D eigenvalue weighted by molar-refractivity contribution is 5.95. The average Bonchev–Trinajstić information content (AvgIpc) is 3.04. The molecule has 0 aliphatic rings. The van der Waals surface area contributed by atoms with E-state index in [1.807, 2.05) is 0 Å². The maximum Gasteiger partial charge on any atom is 0.303 e. The molecule has 0 heterocycles. The number of amides is 7. The molecule has 0 unspecified atom stereocenters. The molecule has 0 aliphatic heterocycles. The summed E-state index contributed by atoms with van der Waals surface area (Å²) < 4.78 is 0. The Hall–Kier alpha value is -5.06. The van der Waals surface area contributed by atoms with E-state index >= 15 is 0 Å². The van der Waals surface area contributed by atoms with Gasteiger partial charge in [-0.2, -0.15) is 0 Å². The summed E-state index contributed by atoms with van der Waals surface area (Å²) in [5.41, 5.74) is 11.7. The highest BCUT2D eigenvalue weighted by atomic mass is 16.4. The van der Waals surface area contributed by atoms with Gasteiger partial charge in [0.1, 0.15) is 24.2 Å². The number of hydrogen-bond donors (Lipinski definition) is 7. The van der Waals surface area contributed by atoms with Crippen LogP contribution < -0.4 is 32.7 Å². The number of benzene rings is 1. The second kappa shape index (κ2) is 21.8. The summed E-state index contributed by atoms with van der Waals surface area (Å²) >= 11 is 0. The highest BCUT2D eigenvalue weighted by Crippen LogP contribution is 2.09. The zero-order chi connectivity index (χ0) is 38.0. The Morgan fingerprint density at radius 1 is 0.780 bits per heavy atom. The minimum atomic E-state index is -1.39. The number of carbonyl (C=O) groups excluding carboxylic acids is 7. The van der Waals surface area contributed by atoms with Crippen LogP contribution in [-0.4, -0.2) is 120 Å². The zero-order valence-corrected chi connectivity index (χ0v) is 29.4. The minimum absolute atomic E-state index is 0.126. The Morgan fingerprint density at radius 2 is 1.38 bits per heavy atom. The molecule has 1 aromatic carbocycles. The number of aliphatic carboxylic acids is 1. The lowest BCUT2D eigenvalue weighted by molar-refractivity contribution is -0.143. The van der Waals surface area contributed by atoms with Gasteiger partial charge in [0, 0.05) is 33.9 Å². The van der Waals surface area contributed by atoms with Gasteiger partial charge in [-0.05, 0) is 43.7 Å². The van der Waals surface area contributed by atoms with Crippen molar-refractivity contribution < 1.29 is 43.5 Å². The lowest BCUT2D eigenvalue weighted by Crippen LogP contribution is -2.57. The number of unbranched alkanes of at least 4 members (excludes halogenated alkanes) is 1. The number of hydrogen-bond acceptors (Lipinski definition) is 9. The monoisotopic (exact) mass is 704 g/mol. The van der Waals surface area contributed by atoms with Crippen molar-refractivity contribution in [2.24, 2.45) is 17.4 Å². The minimum Gasteiger partial charge on any atom is -0.481 e. The maximum atomic E-state index is 13.6. The van der Waals surface area contributed by atoms with E-state index in [9.17, 15) is 43.5 Å². The predicted molar refractivity (Wildman–Crippen MR) is 183 cm³/mol. The van der Waals surface area contributed by atoms with E-state index in [0.717, 1.165) is 15.4 Å². The first-order chi connectivity index (χ1) is 23.5. The molecule has 0 saturated heterocycles. The van der Waals surface area contributed by atoms with Crippen molar-refractivity contribution in [1.82, 2.24) is 31.1 Å². The SMILES string of the molecule is CC(=O)N[C@@H](Cc1ccccc1)C(=O)N[C@@H](CCCCN)C(=O)N[C@@H](CCC(=O)O)C(=O)N(C)CC(=O)N(C)CC(=O)N[C@H](C(N)=O)C(C)C. The first-order valence-electron chi connectivity index (χ1n) is 16.4. The third-order valence-corrected chi connectivity index (χ3v) is 7.66. The molecular formula is C33H52N8O9. The van der Waals surface area contributed by atoms with Crippen molar-refractivity contribution in [2.45, 2.75) is 83.5 Å². The molecule has 0 spiro atoms. The summed E-state index contributed by atoms with van der Waals surface area (Å²) in [7, 11) is 2.59. The molecule has 7 amide bonds. The van der Waals surface area contributed by atoms with E-state index in [1.165, 1.54) is 21.0 Å². The molecule has 17 heteroatoms. The summed E-state index contributed by atoms with van der Waals surface area (Å²) in [5.74, 6) is -6.23. The molecule has 50 heavy (non-hydrogen) atoms. The van der Waals surface area contributed by atoms with E-state index in [0.29, 0.717) is 19.4 Å². The van der Waals surface area contributed by atoms with Crippen LogP contribution in [-0.2, 0) is 44.8 Å². The average molecular weight is 705 g/mol. The second-order valence-electron chi connectivity index (χ2n) is 12.4. The summed E-state index contributed by atoms with van der Waals surface area (Å²) in [6, 6.07) is 4.40. The third-order valence-electron chi connectivity index (χ3n) is 7.66. The van der Waals surface area contributed by atoms with Gasteiger partial charge in [0.25, 0.3) is 0 Å². The molecule has 0 fully saturated rings. The van der Waals surface area contributed by atoms with Crippen LogP contribution in [0.25, 0.3) is 0 Å². The van der Waals surface area contributed by atoms with Gasteiger partial charge in [0.2, 0.25) is 41.4 Å². The molecule has 4 atom stereocenters. The van der Waals surface area contributed by atoms with Crippen molar-refractivity contribution in [1.29, 1.82) is 0 Å². The molecule has 0 radical (unpaired) electrons. The van der Waals surface area contributed by atoms with Gasteiger partial charge in [-0.3, -0.25) is 38.4 Å². The van der Waals surface area contributed by atoms with Crippen LogP contribution in [0.15, 0.2) is 30.3 Å². The third kappa shape index (κ3) is 15.9. The Balaban J connectivity index is 3.10. The zero-order valence-electron chi connectivity index (χ0n) is 29.4. The van der Waals surface area contributed by atoms with Gasteiger partial charge in [0.15, 0.2) is 0 Å². The van der Waals surface area contributed by atoms with Crippen LogP contribution >= 0.6 is 0 Å². The van der Waals surface area contributed by atoms with Crippen LogP contribution in [0.1, 0.15) is 58.4 Å². The number of nitrogens with two attached hydrogens (primary N) is 2. The van der Waals surface area contributed by atoms with Gasteiger partial charge >= 0.3 is 5.97 Å². The fraction of sp³-hybridized carbons (Fsp3) is 0.576. The number of nitrogens with zero attached hydrogens (tertiary/aromatic N) is 2. The van der Waals surface area contributed by atoms with Gasteiger partial charge < -0.3 is 47.6 Å². The summed E-state index contributed by atoms with van der Waals surface area (Å²) in [6.07, 6.45) is 0.394. The molecule has 1 aromatic rings. The largest absolute Gasteiger partial charge is 0.481 e. The fourth-order valence-corrected chi connectivity index (χ4v) is 4.89. The van der Waals surface area contributed by atoms with E-state index in [-0.39, 0.29) is 25.2 Å². The van der Waals surface area contributed by atoms with Crippen LogP contribution in [0.3, 0.4) is 0 Å². The van der Waals surface area contributed by atoms with Crippen LogP contribution in [0, 0.1) is 5.92 Å². The number of primary amides is 1. The Bertz CT molecular complexity index is 1340. The number of carbonyl (C=O) groups is 8. The highest BCUT2D eigenvalue weighted by Gasteiger charge is 2.32. The van der Waals surface area contributed by atoms with Gasteiger partial charge in [-0.15, -0.1) is 0 Å². The van der Waals surface area contributed by atoms with Crippen molar-refractivity contribution >= 4 is 47.3 Å². The molecule has 278 valence electrons. The number of likely N-dealkylation sites (N-methyl/N-ethyl adjacent to an activating group) is 2. The normalized spacial score (nSPS) is 13.2. The van der Waals surface area contributed by atoms with Crippen molar-refractivity contribution in [3.05, 3.63) is 35.9 Å². The van der Waals surface area contributed by atoms with Crippen molar-refractivity contribution in [3.8, 4) is 0 Å². The molecule has 9 N–H and O–H groups in total. The molecule has 1 rings (SSSR count). The fourth-order valence-electron chi connectivity index (χ4n) is 4.89. The topological polar surface area (TPSA) is 263 Å². The van der Waals surface area contributed by atoms with E-state index in [2.05, 4.69) is 21.3 Å². The first-order valence-corrected chi connectivity index (χ1v) is 16.4. The summed E-state index contributed by atoms with van der Waals surface area (Å²) in [5, 5.41) is 19.6. The van der Waals surface area contributed by atoms with Crippen LogP contribution in [0.2, 0.25) is 0 Å². The smallest absolute Gasteiger partial charge is 0.303 e.